The smallest absolute Gasteiger partial charge is 0.232 e. The number of methoxy groups -OCH3 is 1. The highest BCUT2D eigenvalue weighted by atomic mass is 28.4. The normalized spacial score (nSPS) is 17.0. The van der Waals surface area contributed by atoms with Crippen molar-refractivity contribution in [1.82, 2.24) is 4.98 Å². The van der Waals surface area contributed by atoms with Crippen molar-refractivity contribution < 1.29 is 9.16 Å². The fourth-order valence-electron chi connectivity index (χ4n) is 5.78. The van der Waals surface area contributed by atoms with Crippen molar-refractivity contribution in [2.45, 2.75) is 72.1 Å². The maximum Gasteiger partial charge on any atom is 0.232 e. The van der Waals surface area contributed by atoms with Crippen LogP contribution in [0.4, 0.5) is 0 Å². The summed E-state index contributed by atoms with van der Waals surface area (Å²) in [5.74, 6) is 0.948. The number of ether oxygens (including phenoxy) is 1. The highest BCUT2D eigenvalue weighted by Gasteiger charge is 2.54. The van der Waals surface area contributed by atoms with Gasteiger partial charge in [0, 0.05) is 16.3 Å². The summed E-state index contributed by atoms with van der Waals surface area (Å²) in [5, 5.41) is 1.41. The molecule has 0 radical (unpaired) electrons. The lowest BCUT2D eigenvalue weighted by molar-refractivity contribution is 0.198. The van der Waals surface area contributed by atoms with E-state index in [-0.39, 0.29) is 6.10 Å². The van der Waals surface area contributed by atoms with Crippen LogP contribution in [0.15, 0.2) is 48.5 Å². The van der Waals surface area contributed by atoms with Gasteiger partial charge in [-0.2, -0.15) is 0 Å². The Bertz CT molecular complexity index is 1120. The number of nitrogens with zero attached hydrogens (tertiary/aromatic N) is 1. The molecule has 1 aliphatic heterocycles. The second-order valence-corrected chi connectivity index (χ2v) is 14.6. The summed E-state index contributed by atoms with van der Waals surface area (Å²) in [7, 11) is -0.525. The average molecular weight is 460 g/mol. The van der Waals surface area contributed by atoms with E-state index in [9.17, 15) is 0 Å². The predicted octanol–water partition coefficient (Wildman–Crippen LogP) is 7.49. The molecule has 0 saturated carbocycles. The number of rotatable bonds is 6. The average Bonchev–Trinajstić information content (AvgIpc) is 3.15. The first-order valence-corrected chi connectivity index (χ1v) is 14.2. The molecule has 33 heavy (non-hydrogen) atoms. The lowest BCUT2D eigenvalue weighted by atomic mass is 9.98. The Morgan fingerprint density at radius 2 is 1.55 bits per heavy atom. The van der Waals surface area contributed by atoms with E-state index < -0.39 is 8.32 Å². The summed E-state index contributed by atoms with van der Waals surface area (Å²) < 4.78 is 12.7. The molecule has 2 heterocycles. The molecular weight excluding hydrogens is 422 g/mol. The highest BCUT2D eigenvalue weighted by molar-refractivity contribution is 6.90. The van der Waals surface area contributed by atoms with Gasteiger partial charge in [0.25, 0.3) is 0 Å². The van der Waals surface area contributed by atoms with E-state index in [1.807, 2.05) is 0 Å². The third-order valence-corrected chi connectivity index (χ3v) is 12.6. The van der Waals surface area contributed by atoms with E-state index in [1.54, 1.807) is 7.11 Å². The zero-order valence-corrected chi connectivity index (χ0v) is 22.3. The SMILES string of the molecule is CC[C@H]1O[Si](C(C)C)(C(C)C)c2c1cc(-c1cc(C)c(OC)c(C)c1)nc2-c1ccccc1. The number of fused-ring (bicyclic) bond motifs is 1. The molecular formula is C29H37NO2Si. The van der Waals surface area contributed by atoms with Crippen LogP contribution >= 0.6 is 0 Å². The zero-order valence-electron chi connectivity index (χ0n) is 21.3. The largest absolute Gasteiger partial charge is 0.496 e. The van der Waals surface area contributed by atoms with Crippen LogP contribution in [0.5, 0.6) is 5.75 Å². The van der Waals surface area contributed by atoms with Crippen molar-refractivity contribution in [3.05, 3.63) is 65.2 Å². The quantitative estimate of drug-likeness (QED) is 0.358. The van der Waals surface area contributed by atoms with Gasteiger partial charge in [-0.25, -0.2) is 4.98 Å². The summed E-state index contributed by atoms with van der Waals surface area (Å²) in [6.45, 7) is 15.8. The molecule has 0 N–H and O–H groups in total. The van der Waals surface area contributed by atoms with Crippen molar-refractivity contribution in [3.63, 3.8) is 0 Å². The molecule has 174 valence electrons. The Labute approximate surface area is 200 Å². The maximum absolute atomic E-state index is 7.11. The van der Waals surface area contributed by atoms with E-state index in [4.69, 9.17) is 14.1 Å². The van der Waals surface area contributed by atoms with Crippen molar-refractivity contribution in [3.8, 4) is 28.3 Å². The second-order valence-electron chi connectivity index (χ2n) is 9.95. The topological polar surface area (TPSA) is 31.4 Å². The van der Waals surface area contributed by atoms with E-state index in [1.165, 1.54) is 16.3 Å². The highest BCUT2D eigenvalue weighted by Crippen LogP contribution is 2.47. The van der Waals surface area contributed by atoms with E-state index >= 15 is 0 Å². The van der Waals surface area contributed by atoms with Gasteiger partial charge < -0.3 is 9.16 Å². The maximum atomic E-state index is 7.11. The fraction of sp³-hybridized carbons (Fsp3) is 0.414. The summed E-state index contributed by atoms with van der Waals surface area (Å²) in [5.41, 5.74) is 8.98. The summed E-state index contributed by atoms with van der Waals surface area (Å²) >= 11 is 0. The molecule has 2 aromatic carbocycles. The second kappa shape index (κ2) is 9.07. The molecule has 1 aromatic heterocycles. The van der Waals surface area contributed by atoms with Gasteiger partial charge >= 0.3 is 0 Å². The monoisotopic (exact) mass is 459 g/mol. The molecule has 4 rings (SSSR count). The Morgan fingerprint density at radius 3 is 2.06 bits per heavy atom. The lowest BCUT2D eigenvalue weighted by Gasteiger charge is -2.36. The Kier molecular flexibility index (Phi) is 6.52. The molecule has 0 unspecified atom stereocenters. The number of pyridine rings is 1. The molecule has 0 fully saturated rings. The minimum Gasteiger partial charge on any atom is -0.496 e. The third kappa shape index (κ3) is 3.83. The molecule has 1 aliphatic rings. The summed E-state index contributed by atoms with van der Waals surface area (Å²) in [4.78, 5) is 5.37. The first kappa shape index (κ1) is 23.7. The number of hydrogen-bond donors (Lipinski definition) is 0. The Balaban J connectivity index is 2.06. The van der Waals surface area contributed by atoms with Crippen LogP contribution in [-0.2, 0) is 4.43 Å². The molecule has 3 nitrogen and oxygen atoms in total. The number of aromatic nitrogens is 1. The number of hydrogen-bond acceptors (Lipinski definition) is 3. The minimum absolute atomic E-state index is 0.126. The Hall–Kier alpha value is -2.43. The van der Waals surface area contributed by atoms with Crippen LogP contribution in [0.25, 0.3) is 22.5 Å². The van der Waals surface area contributed by atoms with Crippen molar-refractivity contribution in [1.29, 1.82) is 0 Å². The molecule has 0 aliphatic carbocycles. The van der Waals surface area contributed by atoms with E-state index in [0.717, 1.165) is 40.2 Å². The van der Waals surface area contributed by atoms with Gasteiger partial charge in [0.15, 0.2) is 0 Å². The molecule has 4 heteroatoms. The fourth-order valence-corrected chi connectivity index (χ4v) is 10.9. The number of benzene rings is 2. The molecule has 3 aromatic rings. The van der Waals surface area contributed by atoms with Crippen LogP contribution in [-0.4, -0.2) is 20.4 Å². The Morgan fingerprint density at radius 1 is 0.939 bits per heavy atom. The predicted molar refractivity (Wildman–Crippen MR) is 141 cm³/mol. The number of aryl methyl sites for hydroxylation is 2. The van der Waals surface area contributed by atoms with Crippen molar-refractivity contribution >= 4 is 13.5 Å². The van der Waals surface area contributed by atoms with Gasteiger partial charge in [-0.3, -0.25) is 0 Å². The van der Waals surface area contributed by atoms with Crippen LogP contribution in [0.1, 0.15) is 63.8 Å². The zero-order chi connectivity index (χ0) is 23.9. The van der Waals surface area contributed by atoms with Crippen molar-refractivity contribution in [2.24, 2.45) is 0 Å². The van der Waals surface area contributed by atoms with Gasteiger partial charge in [0.2, 0.25) is 8.32 Å². The van der Waals surface area contributed by atoms with Gasteiger partial charge in [0.05, 0.1) is 24.6 Å². The van der Waals surface area contributed by atoms with E-state index in [2.05, 4.69) is 97.0 Å². The van der Waals surface area contributed by atoms with Crippen LogP contribution in [0, 0.1) is 13.8 Å². The van der Waals surface area contributed by atoms with Crippen LogP contribution in [0.2, 0.25) is 11.1 Å². The first-order valence-electron chi connectivity index (χ1n) is 12.2. The van der Waals surface area contributed by atoms with Gasteiger partial charge in [-0.15, -0.1) is 0 Å². The minimum atomic E-state index is -2.26. The van der Waals surface area contributed by atoms with Gasteiger partial charge in [0.1, 0.15) is 5.75 Å². The van der Waals surface area contributed by atoms with Crippen molar-refractivity contribution in [2.75, 3.05) is 7.11 Å². The standard InChI is InChI=1S/C29H37NO2Si/c1-9-26-24-17-25(23-15-20(6)28(31-8)21(7)16-23)30-27(22-13-11-10-12-14-22)29(24)33(32-26,18(2)3)19(4)5/h10-19,26H,9H2,1-8H3/t26-/m1/s1. The van der Waals surface area contributed by atoms with Gasteiger partial charge in [-0.1, -0.05) is 65.0 Å². The summed E-state index contributed by atoms with van der Waals surface area (Å²) in [6.07, 6.45) is 1.10. The van der Waals surface area contributed by atoms with E-state index in [0.29, 0.717) is 11.1 Å². The summed E-state index contributed by atoms with van der Waals surface area (Å²) in [6, 6.07) is 17.4. The molecule has 1 atom stereocenters. The van der Waals surface area contributed by atoms with Crippen LogP contribution < -0.4 is 9.92 Å². The molecule has 0 amide bonds. The molecule has 0 saturated heterocycles. The molecule has 0 bridgehead atoms. The molecule has 0 spiro atoms. The van der Waals surface area contributed by atoms with Crippen LogP contribution in [0.3, 0.4) is 0 Å². The third-order valence-electron chi connectivity index (χ3n) is 7.22. The lowest BCUT2D eigenvalue weighted by Crippen LogP contribution is -2.53. The first-order chi connectivity index (χ1) is 15.7. The van der Waals surface area contributed by atoms with Gasteiger partial charge in [-0.05, 0) is 66.2 Å².